The van der Waals surface area contributed by atoms with Crippen LogP contribution in [0.25, 0.3) is 27.8 Å². The highest BCUT2D eigenvalue weighted by molar-refractivity contribution is 5.95. The van der Waals surface area contributed by atoms with E-state index in [-0.39, 0.29) is 35.6 Å². The highest BCUT2D eigenvalue weighted by Gasteiger charge is 2.32. The number of nitrogens with one attached hydrogen (secondary N) is 3. The van der Waals surface area contributed by atoms with E-state index in [4.69, 9.17) is 0 Å². The molecule has 0 unspecified atom stereocenters. The highest BCUT2D eigenvalue weighted by atomic mass is 19.4. The van der Waals surface area contributed by atoms with Crippen LogP contribution in [-0.4, -0.2) is 40.2 Å². The maximum atomic E-state index is 14.4. The third-order valence-electron chi connectivity index (χ3n) is 8.59. The molecule has 3 N–H and O–H groups in total. The molecule has 0 spiro atoms. The molecule has 1 saturated carbocycles. The van der Waals surface area contributed by atoms with Crippen molar-refractivity contribution in [2.45, 2.75) is 45.5 Å². The number of anilines is 1. The largest absolute Gasteiger partial charge is 0.416 e. The Morgan fingerprint density at radius 2 is 1.81 bits per heavy atom. The minimum atomic E-state index is -4.69. The quantitative estimate of drug-likeness (QED) is 0.152. The Balaban J connectivity index is 1.53. The molecule has 2 heterocycles. The fourth-order valence-electron chi connectivity index (χ4n) is 5.86. The number of alkyl halides is 3. The number of fused-ring (bicyclic) bond motifs is 1. The molecule has 2 aromatic heterocycles. The van der Waals surface area contributed by atoms with E-state index in [0.717, 1.165) is 36.2 Å². The van der Waals surface area contributed by atoms with Crippen molar-refractivity contribution in [3.63, 3.8) is 0 Å². The zero-order valence-electron chi connectivity index (χ0n) is 26.8. The molecule has 1 fully saturated rings. The summed E-state index contributed by atoms with van der Waals surface area (Å²) in [5, 5.41) is 9.52. The molecule has 12 heteroatoms. The third-order valence-corrected chi connectivity index (χ3v) is 8.59. The first-order valence-corrected chi connectivity index (χ1v) is 15.4. The van der Waals surface area contributed by atoms with Gasteiger partial charge in [-0.3, -0.25) is 14.2 Å². The van der Waals surface area contributed by atoms with Crippen LogP contribution in [0.2, 0.25) is 0 Å². The lowest BCUT2D eigenvalue weighted by atomic mass is 10.1. The van der Waals surface area contributed by atoms with E-state index in [0.29, 0.717) is 33.3 Å². The van der Waals surface area contributed by atoms with Crippen LogP contribution < -0.4 is 21.5 Å². The van der Waals surface area contributed by atoms with Gasteiger partial charge in [0.25, 0.3) is 11.5 Å². The highest BCUT2D eigenvalue weighted by Crippen LogP contribution is 2.35. The Morgan fingerprint density at radius 1 is 1.04 bits per heavy atom. The monoisotopic (exact) mass is 658 g/mol. The Bertz CT molecular complexity index is 2140. The van der Waals surface area contributed by atoms with E-state index in [9.17, 15) is 27.2 Å². The molecule has 6 rings (SSSR count). The lowest BCUT2D eigenvalue weighted by Crippen LogP contribution is -2.32. The molecule has 248 valence electrons. The standard InChI is InChI=1S/C36H34F4N6O2/c1-20-18-45(30-11-10-27(37)16-29(20)30)28-13-22(12-26(15-28)36(38,39)40)19-46-31(24-6-5-7-25(14-24)34(47)42-4)17-43-33(35(46)48)44-32(21(2)41-3)23-8-9-23/h5-7,10-18,21,41H,8-9,19H2,1-4H3,(H,42,47)(H,43,44)/t21-/m0/s1. The van der Waals surface area contributed by atoms with Crippen LogP contribution in [0, 0.1) is 12.7 Å². The van der Waals surface area contributed by atoms with Crippen LogP contribution in [0.1, 0.15) is 46.8 Å². The minimum absolute atomic E-state index is 0.0268. The molecular formula is C36H34F4N6O2. The second kappa shape index (κ2) is 12.8. The summed E-state index contributed by atoms with van der Waals surface area (Å²) >= 11 is 0. The van der Waals surface area contributed by atoms with Gasteiger partial charge in [0.1, 0.15) is 5.82 Å². The van der Waals surface area contributed by atoms with Gasteiger partial charge in [0.2, 0.25) is 0 Å². The van der Waals surface area contributed by atoms with Crippen molar-refractivity contribution in [3.8, 4) is 16.9 Å². The molecule has 0 aliphatic heterocycles. The molecule has 8 nitrogen and oxygen atoms in total. The van der Waals surface area contributed by atoms with Crippen LogP contribution in [0.4, 0.5) is 23.4 Å². The summed E-state index contributed by atoms with van der Waals surface area (Å²) in [5.41, 5.74) is 3.32. The maximum absolute atomic E-state index is 14.4. The van der Waals surface area contributed by atoms with Crippen molar-refractivity contribution in [3.05, 3.63) is 123 Å². The summed E-state index contributed by atoms with van der Waals surface area (Å²) in [6.07, 6.45) is 0.234. The van der Waals surface area contributed by atoms with Crippen LogP contribution >= 0.6 is 0 Å². The molecule has 1 amide bonds. The van der Waals surface area contributed by atoms with E-state index < -0.39 is 23.1 Å². The fourth-order valence-corrected chi connectivity index (χ4v) is 5.86. The molecule has 48 heavy (non-hydrogen) atoms. The first-order valence-electron chi connectivity index (χ1n) is 15.4. The number of halogens is 4. The Labute approximate surface area is 274 Å². The van der Waals surface area contributed by atoms with Crippen molar-refractivity contribution in [1.82, 2.24) is 24.8 Å². The zero-order chi connectivity index (χ0) is 34.3. The first kappa shape index (κ1) is 32.7. The van der Waals surface area contributed by atoms with Crippen LogP contribution in [0.3, 0.4) is 0 Å². The number of benzene rings is 3. The smallest absolute Gasteiger partial charge is 0.355 e. The van der Waals surface area contributed by atoms with Crippen LogP contribution in [0.5, 0.6) is 0 Å². The maximum Gasteiger partial charge on any atom is 0.416 e. The van der Waals surface area contributed by atoms with E-state index in [1.165, 1.54) is 36.0 Å². The number of hydrogen-bond acceptors (Lipinski definition) is 5. The average molecular weight is 659 g/mol. The lowest BCUT2D eigenvalue weighted by Gasteiger charge is -2.20. The average Bonchev–Trinajstić information content (AvgIpc) is 3.86. The van der Waals surface area contributed by atoms with Gasteiger partial charge in [0.05, 0.1) is 29.5 Å². The van der Waals surface area contributed by atoms with Crippen molar-refractivity contribution in [2.75, 3.05) is 19.4 Å². The summed E-state index contributed by atoms with van der Waals surface area (Å²) < 4.78 is 60.1. The van der Waals surface area contributed by atoms with E-state index in [1.807, 2.05) is 6.92 Å². The summed E-state index contributed by atoms with van der Waals surface area (Å²) in [5.74, 6) is -0.762. The number of carbonyl (C=O) groups excluding carboxylic acids is 1. The third kappa shape index (κ3) is 6.48. The molecule has 0 saturated heterocycles. The number of nitrogens with zero attached hydrogens (tertiary/aromatic N) is 3. The van der Waals surface area contributed by atoms with Crippen LogP contribution in [0.15, 0.2) is 89.1 Å². The number of carbonyl (C=O) groups is 1. The predicted octanol–water partition coefficient (Wildman–Crippen LogP) is 6.80. The summed E-state index contributed by atoms with van der Waals surface area (Å²) in [7, 11) is 3.31. The molecule has 1 atom stereocenters. The van der Waals surface area contributed by atoms with E-state index >= 15 is 0 Å². The molecular weight excluding hydrogens is 624 g/mol. The Hall–Kier alpha value is -5.23. The van der Waals surface area contributed by atoms with Gasteiger partial charge in [-0.15, -0.1) is 0 Å². The molecule has 5 aromatic rings. The number of allylic oxidation sites excluding steroid dienone is 1. The minimum Gasteiger partial charge on any atom is -0.355 e. The lowest BCUT2D eigenvalue weighted by molar-refractivity contribution is -0.137. The number of aromatic nitrogens is 3. The van der Waals surface area contributed by atoms with Gasteiger partial charge < -0.3 is 20.5 Å². The van der Waals surface area contributed by atoms with Gasteiger partial charge in [-0.25, -0.2) is 9.37 Å². The zero-order valence-corrected chi connectivity index (χ0v) is 26.8. The predicted molar refractivity (Wildman–Crippen MR) is 178 cm³/mol. The van der Waals surface area contributed by atoms with Crippen molar-refractivity contribution >= 4 is 22.6 Å². The van der Waals surface area contributed by atoms with Crippen molar-refractivity contribution < 1.29 is 22.4 Å². The SMILES string of the molecule is CNC(=O)c1cccc(-c2cnc(NC(=C3CC3)[C@H](C)NC)c(=O)n2Cc2cc(-n3cc(C)c4cc(F)ccc43)cc(C(F)(F)F)c2)c1. The van der Waals surface area contributed by atoms with Gasteiger partial charge in [0, 0.05) is 47.2 Å². The van der Waals surface area contributed by atoms with Gasteiger partial charge in [-0.05, 0) is 99.0 Å². The Kier molecular flexibility index (Phi) is 8.69. The second-order valence-electron chi connectivity index (χ2n) is 11.9. The summed E-state index contributed by atoms with van der Waals surface area (Å²) in [6, 6.07) is 14.3. The molecule has 3 aromatic carbocycles. The van der Waals surface area contributed by atoms with Gasteiger partial charge in [0.15, 0.2) is 5.82 Å². The van der Waals surface area contributed by atoms with Crippen molar-refractivity contribution in [2.24, 2.45) is 0 Å². The number of likely N-dealkylation sites (N-methyl/N-ethyl adjacent to an activating group) is 1. The van der Waals surface area contributed by atoms with Crippen molar-refractivity contribution in [1.29, 1.82) is 0 Å². The van der Waals surface area contributed by atoms with Gasteiger partial charge >= 0.3 is 6.18 Å². The second-order valence-corrected chi connectivity index (χ2v) is 11.9. The normalized spacial score (nSPS) is 13.5. The van der Waals surface area contributed by atoms with Gasteiger partial charge in [-0.1, -0.05) is 12.1 Å². The van der Waals surface area contributed by atoms with Crippen LogP contribution in [-0.2, 0) is 12.7 Å². The summed E-state index contributed by atoms with van der Waals surface area (Å²) in [4.78, 5) is 31.1. The van der Waals surface area contributed by atoms with E-state index in [2.05, 4.69) is 20.9 Å². The number of aryl methyl sites for hydroxylation is 1. The number of hydrogen-bond donors (Lipinski definition) is 3. The Morgan fingerprint density at radius 3 is 2.50 bits per heavy atom. The van der Waals surface area contributed by atoms with E-state index in [1.54, 1.807) is 55.1 Å². The molecule has 0 radical (unpaired) electrons. The molecule has 0 bridgehead atoms. The summed E-state index contributed by atoms with van der Waals surface area (Å²) in [6.45, 7) is 3.47. The topological polar surface area (TPSA) is 93.0 Å². The number of rotatable bonds is 9. The van der Waals surface area contributed by atoms with Gasteiger partial charge in [-0.2, -0.15) is 13.2 Å². The fraction of sp³-hybridized carbons (Fsp3) is 0.250. The number of amides is 1. The molecule has 1 aliphatic carbocycles. The first-order chi connectivity index (χ1) is 22.9. The molecule has 1 aliphatic rings.